The third-order valence-corrected chi connectivity index (χ3v) is 3.39. The smallest absolute Gasteiger partial charge is 0.359 e. The van der Waals surface area contributed by atoms with Gasteiger partial charge in [0.15, 0.2) is 5.69 Å². The topological polar surface area (TPSA) is 103 Å². The van der Waals surface area contributed by atoms with E-state index in [1.165, 1.54) is 4.68 Å². The maximum atomic E-state index is 12.6. The van der Waals surface area contributed by atoms with Crippen LogP contribution >= 0.6 is 0 Å². The van der Waals surface area contributed by atoms with Gasteiger partial charge in [0.05, 0.1) is 13.2 Å². The highest BCUT2D eigenvalue weighted by molar-refractivity contribution is 6.11. The first-order chi connectivity index (χ1) is 10.6. The number of nitrogens with one attached hydrogen (secondary N) is 1. The Kier molecular flexibility index (Phi) is 5.03. The number of ether oxygens (including phenoxy) is 1. The van der Waals surface area contributed by atoms with Gasteiger partial charge in [-0.1, -0.05) is 5.18 Å². The van der Waals surface area contributed by atoms with Crippen LogP contribution in [0.25, 0.3) is 0 Å². The van der Waals surface area contributed by atoms with Crippen molar-refractivity contribution in [2.24, 2.45) is 5.18 Å². The summed E-state index contributed by atoms with van der Waals surface area (Å²) in [5, 5.41) is 9.79. The predicted molar refractivity (Wildman–Crippen MR) is 78.6 cm³/mol. The molecule has 0 bridgehead atoms. The number of esters is 1. The van der Waals surface area contributed by atoms with Crippen molar-refractivity contribution in [2.45, 2.75) is 26.3 Å². The summed E-state index contributed by atoms with van der Waals surface area (Å²) >= 11 is 0. The third kappa shape index (κ3) is 2.90. The number of hydrogen-bond acceptors (Lipinski definition) is 7. The summed E-state index contributed by atoms with van der Waals surface area (Å²) in [5.41, 5.74) is 1.70. The summed E-state index contributed by atoms with van der Waals surface area (Å²) in [4.78, 5) is 34.9. The molecule has 8 heteroatoms. The number of hydrogen-bond donors (Lipinski definition) is 1. The van der Waals surface area contributed by atoms with Crippen molar-refractivity contribution in [1.82, 2.24) is 15.1 Å². The minimum atomic E-state index is -0.551. The molecule has 8 nitrogen and oxygen atoms in total. The van der Waals surface area contributed by atoms with Crippen LogP contribution in [0.3, 0.4) is 0 Å². The molecule has 0 saturated carbocycles. The van der Waals surface area contributed by atoms with Crippen LogP contribution in [0.1, 0.15) is 39.9 Å². The van der Waals surface area contributed by atoms with Gasteiger partial charge in [0.1, 0.15) is 12.2 Å². The molecule has 1 aromatic heterocycles. The van der Waals surface area contributed by atoms with Crippen LogP contribution in [-0.4, -0.2) is 41.7 Å². The Balaban J connectivity index is 2.48. The van der Waals surface area contributed by atoms with E-state index in [1.807, 2.05) is 0 Å². The monoisotopic (exact) mass is 306 g/mol. The van der Waals surface area contributed by atoms with Gasteiger partial charge in [-0.05, 0) is 19.8 Å². The SMILES string of the molecule is CCOC(=O)c1nn(CCN=O)c2c1CC/C(=C/NC)C2=O. The molecule has 0 atom stereocenters. The minimum absolute atomic E-state index is 0.0191. The second-order valence-corrected chi connectivity index (χ2v) is 4.76. The van der Waals surface area contributed by atoms with Crippen LogP contribution < -0.4 is 5.32 Å². The maximum absolute atomic E-state index is 12.6. The molecule has 1 aromatic rings. The van der Waals surface area contributed by atoms with E-state index in [4.69, 9.17) is 4.74 Å². The van der Waals surface area contributed by atoms with Crippen molar-refractivity contribution in [3.05, 3.63) is 33.6 Å². The van der Waals surface area contributed by atoms with Gasteiger partial charge in [-0.25, -0.2) is 4.79 Å². The van der Waals surface area contributed by atoms with Gasteiger partial charge in [0.2, 0.25) is 5.78 Å². The van der Waals surface area contributed by atoms with Crippen molar-refractivity contribution < 1.29 is 14.3 Å². The van der Waals surface area contributed by atoms with E-state index in [-0.39, 0.29) is 31.2 Å². The Morgan fingerprint density at radius 2 is 2.27 bits per heavy atom. The lowest BCUT2D eigenvalue weighted by molar-refractivity contribution is 0.0517. The number of ketones is 1. The van der Waals surface area contributed by atoms with Crippen LogP contribution in [0.4, 0.5) is 0 Å². The van der Waals surface area contributed by atoms with Crippen LogP contribution in [-0.2, 0) is 17.7 Å². The first kappa shape index (κ1) is 15.9. The average molecular weight is 306 g/mol. The van der Waals surface area contributed by atoms with E-state index in [0.29, 0.717) is 29.7 Å². The summed E-state index contributed by atoms with van der Waals surface area (Å²) < 4.78 is 6.37. The number of allylic oxidation sites excluding steroid dienone is 1. The molecule has 1 N–H and O–H groups in total. The molecule has 2 rings (SSSR count). The number of fused-ring (bicyclic) bond motifs is 1. The van der Waals surface area contributed by atoms with Crippen LogP contribution in [0, 0.1) is 4.91 Å². The summed E-state index contributed by atoms with van der Waals surface area (Å²) in [5.74, 6) is -0.741. The molecule has 0 fully saturated rings. The minimum Gasteiger partial charge on any atom is -0.461 e. The van der Waals surface area contributed by atoms with Crippen LogP contribution in [0.5, 0.6) is 0 Å². The zero-order valence-corrected chi connectivity index (χ0v) is 12.6. The standard InChI is InChI=1S/C14H18N4O4/c1-3-22-14(20)11-10-5-4-9(8-15-2)13(19)12(10)18(17-11)7-6-16-21/h8,15H,3-7H2,1-2H3/b9-8-. The molecule has 0 radical (unpaired) electrons. The van der Waals surface area contributed by atoms with Crippen molar-refractivity contribution in [2.75, 3.05) is 20.2 Å². The van der Waals surface area contributed by atoms with Crippen molar-refractivity contribution in [1.29, 1.82) is 0 Å². The highest BCUT2D eigenvalue weighted by Crippen LogP contribution is 2.28. The maximum Gasteiger partial charge on any atom is 0.359 e. The third-order valence-electron chi connectivity index (χ3n) is 3.39. The van der Waals surface area contributed by atoms with Gasteiger partial charge in [-0.3, -0.25) is 9.48 Å². The van der Waals surface area contributed by atoms with E-state index >= 15 is 0 Å². The Labute approximate surface area is 127 Å². The predicted octanol–water partition coefficient (Wildman–Crippen LogP) is 1.06. The zero-order chi connectivity index (χ0) is 16.1. The summed E-state index contributed by atoms with van der Waals surface area (Å²) in [6.45, 7) is 2.07. The molecular weight excluding hydrogens is 288 g/mol. The summed E-state index contributed by atoms with van der Waals surface area (Å²) in [6.07, 6.45) is 2.69. The number of Topliss-reactive ketones (excluding diaryl/α,β-unsaturated/α-hetero) is 1. The molecule has 118 valence electrons. The molecule has 0 saturated heterocycles. The van der Waals surface area contributed by atoms with Crippen LogP contribution in [0.15, 0.2) is 16.9 Å². The van der Waals surface area contributed by atoms with E-state index in [9.17, 15) is 14.5 Å². The molecule has 0 amide bonds. The number of carbonyl (C=O) groups excluding carboxylic acids is 2. The van der Waals surface area contributed by atoms with Gasteiger partial charge < -0.3 is 10.1 Å². The fraction of sp³-hybridized carbons (Fsp3) is 0.500. The molecule has 1 aliphatic carbocycles. The summed E-state index contributed by atoms with van der Waals surface area (Å²) in [7, 11) is 1.72. The van der Waals surface area contributed by atoms with Crippen LogP contribution in [0.2, 0.25) is 0 Å². The molecular formula is C14H18N4O4. The fourth-order valence-corrected chi connectivity index (χ4v) is 2.49. The van der Waals surface area contributed by atoms with Gasteiger partial charge >= 0.3 is 5.97 Å². The second-order valence-electron chi connectivity index (χ2n) is 4.76. The number of nitroso groups, excluding NO2 is 1. The molecule has 0 spiro atoms. The lowest BCUT2D eigenvalue weighted by atomic mass is 9.90. The largest absolute Gasteiger partial charge is 0.461 e. The zero-order valence-electron chi connectivity index (χ0n) is 12.6. The molecule has 1 aliphatic rings. The first-order valence-electron chi connectivity index (χ1n) is 7.10. The lowest BCUT2D eigenvalue weighted by Gasteiger charge is -2.15. The van der Waals surface area contributed by atoms with Gasteiger partial charge in [-0.2, -0.15) is 10.0 Å². The Hall–Kier alpha value is -2.51. The van der Waals surface area contributed by atoms with Crippen molar-refractivity contribution in [3.63, 3.8) is 0 Å². The van der Waals surface area contributed by atoms with Gasteiger partial charge in [0.25, 0.3) is 0 Å². The molecule has 0 aromatic carbocycles. The number of aromatic nitrogens is 2. The molecule has 1 heterocycles. The lowest BCUT2D eigenvalue weighted by Crippen LogP contribution is -2.21. The van der Waals surface area contributed by atoms with Crippen molar-refractivity contribution >= 4 is 11.8 Å². The number of rotatable bonds is 6. The molecule has 0 unspecified atom stereocenters. The van der Waals surface area contributed by atoms with Gasteiger partial charge in [0, 0.05) is 24.4 Å². The quantitative estimate of drug-likeness (QED) is 0.479. The second kappa shape index (κ2) is 6.97. The molecule has 22 heavy (non-hydrogen) atoms. The fourth-order valence-electron chi connectivity index (χ4n) is 2.49. The number of carbonyl (C=O) groups is 2. The number of nitrogens with zero attached hydrogens (tertiary/aromatic N) is 3. The van der Waals surface area contributed by atoms with Gasteiger partial charge in [-0.15, -0.1) is 0 Å². The van der Waals surface area contributed by atoms with Crippen molar-refractivity contribution in [3.8, 4) is 0 Å². The van der Waals surface area contributed by atoms with E-state index in [0.717, 1.165) is 0 Å². The highest BCUT2D eigenvalue weighted by atomic mass is 16.5. The Morgan fingerprint density at radius 1 is 1.50 bits per heavy atom. The van der Waals surface area contributed by atoms with E-state index in [1.54, 1.807) is 20.2 Å². The molecule has 0 aliphatic heterocycles. The first-order valence-corrected chi connectivity index (χ1v) is 7.10. The Bertz CT molecular complexity index is 633. The van der Waals surface area contributed by atoms with E-state index in [2.05, 4.69) is 15.6 Å². The summed E-state index contributed by atoms with van der Waals surface area (Å²) in [6, 6.07) is 0. The highest BCUT2D eigenvalue weighted by Gasteiger charge is 2.32. The Morgan fingerprint density at radius 3 is 2.91 bits per heavy atom. The average Bonchev–Trinajstić information content (AvgIpc) is 2.88. The normalized spacial score (nSPS) is 15.5. The van der Waals surface area contributed by atoms with E-state index < -0.39 is 5.97 Å².